The minimum Gasteiger partial charge on any atom is -0.490 e. The Bertz CT molecular complexity index is 1100. The summed E-state index contributed by atoms with van der Waals surface area (Å²) in [6.45, 7) is 3.38. The zero-order valence-corrected chi connectivity index (χ0v) is 19.3. The second-order valence-corrected chi connectivity index (χ2v) is 8.95. The maximum atomic E-state index is 13.4. The third kappa shape index (κ3) is 3.77. The van der Waals surface area contributed by atoms with Crippen molar-refractivity contribution in [1.29, 1.82) is 0 Å². The van der Waals surface area contributed by atoms with E-state index < -0.39 is 11.6 Å². The Morgan fingerprint density at radius 3 is 2.59 bits per heavy atom. The summed E-state index contributed by atoms with van der Waals surface area (Å²) in [5, 5.41) is 2.85. The molecule has 1 N–H and O–H groups in total. The van der Waals surface area contributed by atoms with Gasteiger partial charge in [-0.1, -0.05) is 43.3 Å². The average Bonchev–Trinajstić information content (AvgIpc) is 3.35. The van der Waals surface area contributed by atoms with Gasteiger partial charge in [0.15, 0.2) is 11.5 Å². The molecule has 0 radical (unpaired) electrons. The van der Waals surface area contributed by atoms with Crippen molar-refractivity contribution < 1.29 is 23.9 Å². The van der Waals surface area contributed by atoms with Crippen molar-refractivity contribution >= 4 is 17.8 Å². The van der Waals surface area contributed by atoms with E-state index in [1.807, 2.05) is 55.5 Å². The lowest BCUT2D eigenvalue weighted by Gasteiger charge is -2.28. The first-order valence-corrected chi connectivity index (χ1v) is 11.9. The van der Waals surface area contributed by atoms with Gasteiger partial charge < -0.3 is 19.7 Å². The predicted molar refractivity (Wildman–Crippen MR) is 124 cm³/mol. The van der Waals surface area contributed by atoms with Crippen LogP contribution in [0.25, 0.3) is 0 Å². The van der Waals surface area contributed by atoms with Gasteiger partial charge in [0.2, 0.25) is 5.91 Å². The van der Waals surface area contributed by atoms with Crippen LogP contribution in [0.15, 0.2) is 48.5 Å². The molecule has 0 aliphatic carbocycles. The summed E-state index contributed by atoms with van der Waals surface area (Å²) in [5.41, 5.74) is 0.550. The fourth-order valence-electron chi connectivity index (χ4n) is 5.16. The third-order valence-corrected chi connectivity index (χ3v) is 7.00. The lowest BCUT2D eigenvalue weighted by molar-refractivity contribution is -0.139. The minimum absolute atomic E-state index is 0.129. The van der Waals surface area contributed by atoms with E-state index in [1.165, 1.54) is 0 Å². The Morgan fingerprint density at radius 1 is 1.06 bits per heavy atom. The van der Waals surface area contributed by atoms with Crippen molar-refractivity contribution in [2.75, 3.05) is 26.3 Å². The van der Waals surface area contributed by atoms with Crippen molar-refractivity contribution in [2.24, 2.45) is 0 Å². The zero-order chi connectivity index (χ0) is 23.7. The maximum Gasteiger partial charge on any atom is 0.325 e. The Morgan fingerprint density at radius 2 is 1.82 bits per heavy atom. The van der Waals surface area contributed by atoms with Gasteiger partial charge in [-0.3, -0.25) is 14.5 Å². The number of fused-ring (bicyclic) bond motifs is 1. The van der Waals surface area contributed by atoms with Crippen LogP contribution in [0.5, 0.6) is 11.5 Å². The van der Waals surface area contributed by atoms with Gasteiger partial charge in [-0.15, -0.1) is 0 Å². The van der Waals surface area contributed by atoms with Gasteiger partial charge in [-0.05, 0) is 42.5 Å². The third-order valence-electron chi connectivity index (χ3n) is 7.00. The lowest BCUT2D eigenvalue weighted by Crippen LogP contribution is -2.45. The SMILES string of the molecule is CC[C@@]1(c2ccccc2)NC(=O)N(CC(=O)N2CCC[C@@H]2c2ccc3c(c2)OCCCO3)C1=O. The zero-order valence-electron chi connectivity index (χ0n) is 19.3. The van der Waals surface area contributed by atoms with Crippen LogP contribution in [-0.4, -0.2) is 53.9 Å². The average molecular weight is 464 g/mol. The normalized spacial score (nSPS) is 24.2. The van der Waals surface area contributed by atoms with Crippen molar-refractivity contribution in [1.82, 2.24) is 15.1 Å². The largest absolute Gasteiger partial charge is 0.490 e. The Hall–Kier alpha value is -3.55. The second kappa shape index (κ2) is 9.00. The molecule has 0 aromatic heterocycles. The molecule has 8 nitrogen and oxygen atoms in total. The number of urea groups is 1. The number of imide groups is 1. The molecule has 0 spiro atoms. The minimum atomic E-state index is -1.14. The molecule has 2 atom stereocenters. The lowest BCUT2D eigenvalue weighted by atomic mass is 9.87. The van der Waals surface area contributed by atoms with Gasteiger partial charge in [-0.2, -0.15) is 0 Å². The van der Waals surface area contributed by atoms with E-state index in [-0.39, 0.29) is 24.4 Å². The molecule has 178 valence electrons. The molecule has 0 unspecified atom stereocenters. The second-order valence-electron chi connectivity index (χ2n) is 8.95. The van der Waals surface area contributed by atoms with E-state index in [4.69, 9.17) is 9.47 Å². The van der Waals surface area contributed by atoms with Crippen LogP contribution in [0.3, 0.4) is 0 Å². The van der Waals surface area contributed by atoms with Gasteiger partial charge in [-0.25, -0.2) is 4.79 Å². The van der Waals surface area contributed by atoms with Gasteiger partial charge in [0.05, 0.1) is 19.3 Å². The standard InChI is InChI=1S/C26H29N3O5/c1-2-26(19-8-4-3-5-9-19)24(31)29(25(32)27-26)17-23(30)28-13-6-10-20(28)18-11-12-21-22(16-18)34-15-7-14-33-21/h3-5,8-9,11-12,16,20H,2,6-7,10,13-15,17H2,1H3,(H,27,32)/t20-,26+/m1/s1. The molecule has 3 aliphatic rings. The highest BCUT2D eigenvalue weighted by molar-refractivity contribution is 6.09. The number of nitrogens with zero attached hydrogens (tertiary/aromatic N) is 2. The highest BCUT2D eigenvalue weighted by atomic mass is 16.5. The van der Waals surface area contributed by atoms with Crippen molar-refractivity contribution in [2.45, 2.75) is 44.2 Å². The van der Waals surface area contributed by atoms with E-state index in [1.54, 1.807) is 4.90 Å². The predicted octanol–water partition coefficient (Wildman–Crippen LogP) is 3.37. The number of carbonyl (C=O) groups is 3. The summed E-state index contributed by atoms with van der Waals surface area (Å²) in [6, 6.07) is 14.3. The molecule has 34 heavy (non-hydrogen) atoms. The van der Waals surface area contributed by atoms with Gasteiger partial charge in [0.25, 0.3) is 5.91 Å². The first kappa shape index (κ1) is 22.3. The van der Waals surface area contributed by atoms with Gasteiger partial charge >= 0.3 is 6.03 Å². The molecule has 2 saturated heterocycles. The fourth-order valence-corrected chi connectivity index (χ4v) is 5.16. The summed E-state index contributed by atoms with van der Waals surface area (Å²) in [5.74, 6) is 0.788. The number of carbonyl (C=O) groups excluding carboxylic acids is 3. The summed E-state index contributed by atoms with van der Waals surface area (Å²) >= 11 is 0. The van der Waals surface area contributed by atoms with Gasteiger partial charge in [0.1, 0.15) is 12.1 Å². The van der Waals surface area contributed by atoms with Crippen LogP contribution in [0, 0.1) is 0 Å². The number of nitrogens with one attached hydrogen (secondary N) is 1. The van der Waals surface area contributed by atoms with Crippen LogP contribution in [0.1, 0.15) is 49.8 Å². The molecular formula is C26H29N3O5. The van der Waals surface area contributed by atoms with Crippen LogP contribution in [0.2, 0.25) is 0 Å². The molecule has 5 rings (SSSR count). The van der Waals surface area contributed by atoms with Crippen molar-refractivity contribution in [3.63, 3.8) is 0 Å². The number of ether oxygens (including phenoxy) is 2. The first-order valence-electron chi connectivity index (χ1n) is 11.9. The monoisotopic (exact) mass is 463 g/mol. The van der Waals surface area contributed by atoms with Crippen molar-refractivity contribution in [3.05, 3.63) is 59.7 Å². The van der Waals surface area contributed by atoms with Crippen LogP contribution in [0.4, 0.5) is 4.79 Å². The fraction of sp³-hybridized carbons (Fsp3) is 0.423. The van der Waals surface area contributed by atoms with E-state index in [0.717, 1.165) is 35.3 Å². The Labute approximate surface area is 198 Å². The number of amides is 4. The molecule has 3 heterocycles. The van der Waals surface area contributed by atoms with Crippen LogP contribution in [-0.2, 0) is 15.1 Å². The maximum absolute atomic E-state index is 13.4. The molecule has 2 aromatic carbocycles. The summed E-state index contributed by atoms with van der Waals surface area (Å²) in [7, 11) is 0. The highest BCUT2D eigenvalue weighted by Gasteiger charge is 2.52. The topological polar surface area (TPSA) is 88.2 Å². The Balaban J connectivity index is 1.34. The molecule has 2 aromatic rings. The number of hydrogen-bond donors (Lipinski definition) is 1. The quantitative estimate of drug-likeness (QED) is 0.687. The summed E-state index contributed by atoms with van der Waals surface area (Å²) in [6.07, 6.45) is 2.89. The smallest absolute Gasteiger partial charge is 0.325 e. The number of rotatable bonds is 5. The molecular weight excluding hydrogens is 434 g/mol. The summed E-state index contributed by atoms with van der Waals surface area (Å²) < 4.78 is 11.5. The number of hydrogen-bond acceptors (Lipinski definition) is 5. The summed E-state index contributed by atoms with van der Waals surface area (Å²) in [4.78, 5) is 42.4. The van der Waals surface area contributed by atoms with E-state index in [9.17, 15) is 14.4 Å². The molecule has 0 bridgehead atoms. The molecule has 0 saturated carbocycles. The van der Waals surface area contributed by atoms with Crippen LogP contribution < -0.4 is 14.8 Å². The van der Waals surface area contributed by atoms with E-state index >= 15 is 0 Å². The number of benzene rings is 2. The molecule has 4 amide bonds. The Kier molecular flexibility index (Phi) is 5.89. The van der Waals surface area contributed by atoms with Crippen LogP contribution >= 0.6 is 0 Å². The van der Waals surface area contributed by atoms with Crippen molar-refractivity contribution in [3.8, 4) is 11.5 Å². The molecule has 3 aliphatic heterocycles. The van der Waals surface area contributed by atoms with Gasteiger partial charge in [0, 0.05) is 13.0 Å². The number of likely N-dealkylation sites (tertiary alicyclic amines) is 1. The molecule has 8 heteroatoms. The first-order chi connectivity index (χ1) is 16.5. The van der Waals surface area contributed by atoms with E-state index in [0.29, 0.717) is 37.7 Å². The highest BCUT2D eigenvalue weighted by Crippen LogP contribution is 2.38. The van der Waals surface area contributed by atoms with E-state index in [2.05, 4.69) is 5.32 Å². The molecule has 2 fully saturated rings.